The number of rotatable bonds is 4. The molecule has 0 amide bonds. The van der Waals surface area contributed by atoms with Crippen molar-refractivity contribution in [1.82, 2.24) is 0 Å². The molecule has 2 rings (SSSR count). The molecule has 18 heavy (non-hydrogen) atoms. The highest BCUT2D eigenvalue weighted by Crippen LogP contribution is 2.25. The number of carbonyl (C=O) groups is 1. The second-order valence-corrected chi connectivity index (χ2v) is 5.76. The number of methoxy groups -OCH3 is 1. The van der Waals surface area contributed by atoms with Gasteiger partial charge in [0, 0.05) is 10.9 Å². The van der Waals surface area contributed by atoms with Crippen LogP contribution in [0.15, 0.2) is 34.1 Å². The van der Waals surface area contributed by atoms with Crippen LogP contribution in [0.25, 0.3) is 0 Å². The molecule has 0 atom stereocenters. The number of aryl methyl sites for hydroxylation is 1. The van der Waals surface area contributed by atoms with Gasteiger partial charge in [-0.05, 0) is 57.6 Å². The van der Waals surface area contributed by atoms with Crippen molar-refractivity contribution in [2.45, 2.75) is 13.3 Å². The second-order valence-electron chi connectivity index (χ2n) is 3.99. The predicted molar refractivity (Wildman–Crippen MR) is 77.8 cm³/mol. The van der Waals surface area contributed by atoms with Crippen LogP contribution in [0.1, 0.15) is 20.8 Å². The van der Waals surface area contributed by atoms with Crippen LogP contribution in [0.3, 0.4) is 0 Å². The van der Waals surface area contributed by atoms with Gasteiger partial charge in [-0.2, -0.15) is 0 Å². The quantitative estimate of drug-likeness (QED) is 0.786. The zero-order valence-corrected chi connectivity index (χ0v) is 12.6. The van der Waals surface area contributed by atoms with E-state index >= 15 is 0 Å². The lowest BCUT2D eigenvalue weighted by Crippen LogP contribution is -2.03. The maximum absolute atomic E-state index is 12.2. The SMILES string of the molecule is COc1ccc(CC(=O)c2sccc2Br)c(C)c1. The van der Waals surface area contributed by atoms with E-state index in [2.05, 4.69) is 15.9 Å². The Balaban J connectivity index is 2.20. The van der Waals surface area contributed by atoms with Crippen molar-refractivity contribution in [3.8, 4) is 5.75 Å². The van der Waals surface area contributed by atoms with Crippen molar-refractivity contribution in [3.63, 3.8) is 0 Å². The summed E-state index contributed by atoms with van der Waals surface area (Å²) in [6.45, 7) is 1.99. The van der Waals surface area contributed by atoms with Gasteiger partial charge in [0.25, 0.3) is 0 Å². The van der Waals surface area contributed by atoms with Gasteiger partial charge in [0.2, 0.25) is 0 Å². The zero-order chi connectivity index (χ0) is 13.1. The van der Waals surface area contributed by atoms with Crippen LogP contribution in [-0.4, -0.2) is 12.9 Å². The van der Waals surface area contributed by atoms with E-state index in [9.17, 15) is 4.79 Å². The minimum absolute atomic E-state index is 0.144. The maximum atomic E-state index is 12.2. The van der Waals surface area contributed by atoms with Gasteiger partial charge in [-0.3, -0.25) is 4.79 Å². The second kappa shape index (κ2) is 5.67. The van der Waals surface area contributed by atoms with E-state index in [0.29, 0.717) is 6.42 Å². The summed E-state index contributed by atoms with van der Waals surface area (Å²) in [7, 11) is 1.64. The van der Waals surface area contributed by atoms with E-state index in [0.717, 1.165) is 26.2 Å². The first-order valence-electron chi connectivity index (χ1n) is 5.51. The molecule has 0 spiro atoms. The van der Waals surface area contributed by atoms with Crippen LogP contribution in [0.2, 0.25) is 0 Å². The minimum atomic E-state index is 0.144. The number of halogens is 1. The molecule has 0 bridgehead atoms. The zero-order valence-electron chi connectivity index (χ0n) is 10.2. The summed E-state index contributed by atoms with van der Waals surface area (Å²) in [5.74, 6) is 0.964. The van der Waals surface area contributed by atoms with Crippen molar-refractivity contribution in [3.05, 3.63) is 50.1 Å². The summed E-state index contributed by atoms with van der Waals surface area (Å²) in [5, 5.41) is 1.91. The topological polar surface area (TPSA) is 26.3 Å². The first-order valence-corrected chi connectivity index (χ1v) is 7.19. The van der Waals surface area contributed by atoms with Crippen LogP contribution in [-0.2, 0) is 6.42 Å². The van der Waals surface area contributed by atoms with Gasteiger partial charge in [-0.1, -0.05) is 6.07 Å². The smallest absolute Gasteiger partial charge is 0.178 e. The molecule has 0 saturated carbocycles. The number of Topliss-reactive ketones (excluding diaryl/α,β-unsaturated/α-hetero) is 1. The number of ketones is 1. The third-order valence-electron chi connectivity index (χ3n) is 2.77. The lowest BCUT2D eigenvalue weighted by atomic mass is 10.0. The Kier molecular flexibility index (Phi) is 4.19. The Bertz CT molecular complexity index is 575. The fraction of sp³-hybridized carbons (Fsp3) is 0.214. The molecule has 1 heterocycles. The molecule has 0 saturated heterocycles. The average molecular weight is 325 g/mol. The van der Waals surface area contributed by atoms with Crippen molar-refractivity contribution in [1.29, 1.82) is 0 Å². The highest BCUT2D eigenvalue weighted by atomic mass is 79.9. The normalized spacial score (nSPS) is 10.4. The van der Waals surface area contributed by atoms with Gasteiger partial charge in [0.05, 0.1) is 12.0 Å². The van der Waals surface area contributed by atoms with Crippen LogP contribution >= 0.6 is 27.3 Å². The molecule has 0 radical (unpaired) electrons. The molecular formula is C14H13BrO2S. The average Bonchev–Trinajstić information content (AvgIpc) is 2.78. The first-order chi connectivity index (χ1) is 8.61. The molecule has 4 heteroatoms. The molecule has 0 fully saturated rings. The molecule has 0 unspecified atom stereocenters. The van der Waals surface area contributed by atoms with Crippen molar-refractivity contribution < 1.29 is 9.53 Å². The van der Waals surface area contributed by atoms with Crippen LogP contribution in [0, 0.1) is 6.92 Å². The van der Waals surface area contributed by atoms with Crippen molar-refractivity contribution in [2.75, 3.05) is 7.11 Å². The van der Waals surface area contributed by atoms with E-state index in [1.807, 2.05) is 36.6 Å². The number of ether oxygens (including phenoxy) is 1. The third kappa shape index (κ3) is 2.82. The monoisotopic (exact) mass is 324 g/mol. The molecule has 2 nitrogen and oxygen atoms in total. The molecule has 0 aliphatic carbocycles. The van der Waals surface area contributed by atoms with Gasteiger partial charge in [-0.25, -0.2) is 0 Å². The summed E-state index contributed by atoms with van der Waals surface area (Å²) < 4.78 is 6.03. The standard InChI is InChI=1S/C14H13BrO2S/c1-9-7-11(17-2)4-3-10(9)8-13(16)14-12(15)5-6-18-14/h3-7H,8H2,1-2H3. The Morgan fingerprint density at radius 3 is 2.72 bits per heavy atom. The lowest BCUT2D eigenvalue weighted by Gasteiger charge is -2.07. The van der Waals surface area contributed by atoms with Crippen molar-refractivity contribution >= 4 is 33.0 Å². The third-order valence-corrected chi connectivity index (χ3v) is 4.65. The minimum Gasteiger partial charge on any atom is -0.497 e. The fourth-order valence-corrected chi connectivity index (χ4v) is 3.27. The molecule has 0 N–H and O–H groups in total. The van der Waals surface area contributed by atoms with E-state index in [4.69, 9.17) is 4.74 Å². The summed E-state index contributed by atoms with van der Waals surface area (Å²) in [6.07, 6.45) is 0.426. The van der Waals surface area contributed by atoms with Gasteiger partial charge in [0.15, 0.2) is 5.78 Å². The Labute approximate surface area is 119 Å². The van der Waals surface area contributed by atoms with Crippen LogP contribution in [0.4, 0.5) is 0 Å². The van der Waals surface area contributed by atoms with Crippen LogP contribution in [0.5, 0.6) is 5.75 Å². The molecular weight excluding hydrogens is 312 g/mol. The summed E-state index contributed by atoms with van der Waals surface area (Å²) in [6, 6.07) is 7.69. The van der Waals surface area contributed by atoms with Crippen LogP contribution < -0.4 is 4.74 Å². The number of hydrogen-bond donors (Lipinski definition) is 0. The lowest BCUT2D eigenvalue weighted by molar-refractivity contribution is 0.0996. The largest absolute Gasteiger partial charge is 0.497 e. The number of hydrogen-bond acceptors (Lipinski definition) is 3. The number of carbonyl (C=O) groups excluding carboxylic acids is 1. The number of thiophene rings is 1. The summed E-state index contributed by atoms with van der Waals surface area (Å²) in [5.41, 5.74) is 2.12. The Morgan fingerprint density at radius 1 is 1.39 bits per heavy atom. The maximum Gasteiger partial charge on any atom is 0.178 e. The number of benzene rings is 1. The van der Waals surface area contributed by atoms with Gasteiger partial charge >= 0.3 is 0 Å². The molecule has 2 aromatic rings. The highest BCUT2D eigenvalue weighted by molar-refractivity contribution is 9.10. The molecule has 0 aliphatic heterocycles. The molecule has 0 aliphatic rings. The van der Waals surface area contributed by atoms with Crippen molar-refractivity contribution in [2.24, 2.45) is 0 Å². The Morgan fingerprint density at radius 2 is 2.17 bits per heavy atom. The van der Waals surface area contributed by atoms with Gasteiger partial charge < -0.3 is 4.74 Å². The van der Waals surface area contributed by atoms with E-state index in [1.54, 1.807) is 7.11 Å². The fourth-order valence-electron chi connectivity index (χ4n) is 1.74. The summed E-state index contributed by atoms with van der Waals surface area (Å²) >= 11 is 4.86. The molecule has 1 aromatic carbocycles. The first kappa shape index (κ1) is 13.3. The highest BCUT2D eigenvalue weighted by Gasteiger charge is 2.13. The van der Waals surface area contributed by atoms with E-state index in [-0.39, 0.29) is 5.78 Å². The van der Waals surface area contributed by atoms with Gasteiger partial charge in [0.1, 0.15) is 5.75 Å². The molecule has 94 valence electrons. The van der Waals surface area contributed by atoms with E-state index < -0.39 is 0 Å². The predicted octanol–water partition coefficient (Wildman–Crippen LogP) is 4.25. The summed E-state index contributed by atoms with van der Waals surface area (Å²) in [4.78, 5) is 12.9. The van der Waals surface area contributed by atoms with Gasteiger partial charge in [-0.15, -0.1) is 11.3 Å². The van der Waals surface area contributed by atoms with E-state index in [1.165, 1.54) is 11.3 Å². The molecule has 1 aromatic heterocycles. The Hall–Kier alpha value is -1.13.